The third-order valence-electron chi connectivity index (χ3n) is 3.90. The van der Waals surface area contributed by atoms with Crippen LogP contribution in [0.15, 0.2) is 0 Å². The zero-order valence-electron chi connectivity index (χ0n) is 16.4. The number of carboxylic acid groups (broad SMARTS) is 1. The molecule has 4 unspecified atom stereocenters. The van der Waals surface area contributed by atoms with Gasteiger partial charge in [-0.05, 0) is 19.8 Å². The highest BCUT2D eigenvalue weighted by atomic mass is 16.4. The van der Waals surface area contributed by atoms with E-state index in [4.69, 9.17) is 27.4 Å². The van der Waals surface area contributed by atoms with Gasteiger partial charge in [-0.15, -0.1) is 0 Å². The van der Waals surface area contributed by atoms with Crippen LogP contribution in [0.25, 0.3) is 0 Å². The topological polar surface area (TPSA) is 257 Å². The van der Waals surface area contributed by atoms with E-state index < -0.39 is 66.3 Å². The summed E-state index contributed by atoms with van der Waals surface area (Å²) in [6, 6.07) is -5.23. The lowest BCUT2D eigenvalue weighted by Gasteiger charge is -2.23. The maximum Gasteiger partial charge on any atom is 0.328 e. The molecule has 0 spiro atoms. The Balaban J connectivity index is 5.02. The van der Waals surface area contributed by atoms with Gasteiger partial charge in [0.1, 0.15) is 18.1 Å². The number of nitrogens with two attached hydrogens (primary N) is 3. The molecule has 0 aliphatic heterocycles. The summed E-state index contributed by atoms with van der Waals surface area (Å²) in [5.41, 5.74) is 15.6. The van der Waals surface area contributed by atoms with E-state index in [9.17, 15) is 28.8 Å². The summed E-state index contributed by atoms with van der Waals surface area (Å²) in [6.45, 7) is 0.401. The molecule has 4 atom stereocenters. The van der Waals surface area contributed by atoms with E-state index in [0.717, 1.165) is 0 Å². The van der Waals surface area contributed by atoms with Crippen molar-refractivity contribution in [2.45, 2.75) is 56.8 Å². The number of rotatable bonds is 14. The Morgan fingerprint density at radius 3 is 1.77 bits per heavy atom. The summed E-state index contributed by atoms with van der Waals surface area (Å²) < 4.78 is 0. The lowest BCUT2D eigenvalue weighted by molar-refractivity contribution is -0.143. The number of hydrogen-bond acceptors (Lipinski definition) is 8. The molecule has 170 valence electrons. The third-order valence-corrected chi connectivity index (χ3v) is 3.90. The summed E-state index contributed by atoms with van der Waals surface area (Å²) in [4.78, 5) is 69.2. The van der Waals surface area contributed by atoms with Crippen LogP contribution in [0.4, 0.5) is 0 Å². The Hall–Kier alpha value is -3.26. The molecule has 0 aromatic rings. The van der Waals surface area contributed by atoms with Crippen molar-refractivity contribution >= 4 is 35.5 Å². The second kappa shape index (κ2) is 13.1. The van der Waals surface area contributed by atoms with Crippen molar-refractivity contribution in [3.8, 4) is 0 Å². The Labute approximate surface area is 171 Å². The molecular weight excluding hydrogens is 404 g/mol. The zero-order chi connectivity index (χ0) is 23.4. The first-order valence-corrected chi connectivity index (χ1v) is 8.96. The summed E-state index contributed by atoms with van der Waals surface area (Å²) >= 11 is 0. The van der Waals surface area contributed by atoms with E-state index in [2.05, 4.69) is 10.6 Å². The molecule has 0 saturated carbocycles. The van der Waals surface area contributed by atoms with Crippen LogP contribution in [-0.4, -0.2) is 76.5 Å². The number of hydrogen-bond donors (Lipinski definition) is 8. The van der Waals surface area contributed by atoms with E-state index >= 15 is 0 Å². The molecule has 0 radical (unpaired) electrons. The van der Waals surface area contributed by atoms with Crippen LogP contribution in [0, 0.1) is 0 Å². The van der Waals surface area contributed by atoms with Gasteiger partial charge in [-0.25, -0.2) is 4.79 Å². The number of carbonyl (C=O) groups excluding carboxylic acids is 5. The van der Waals surface area contributed by atoms with Gasteiger partial charge in [-0.3, -0.25) is 24.0 Å². The normalized spacial score (nSPS) is 14.5. The SMILES string of the molecule is CC(NC(=O)C(N)CCC(N)=O)C(=O)NC(CCC(N)=O)C(=O)NC(CO)C(=O)O. The highest BCUT2D eigenvalue weighted by molar-refractivity contribution is 5.94. The van der Waals surface area contributed by atoms with Gasteiger partial charge in [-0.2, -0.15) is 0 Å². The first-order chi connectivity index (χ1) is 13.9. The van der Waals surface area contributed by atoms with Crippen molar-refractivity contribution in [3.63, 3.8) is 0 Å². The molecule has 0 rings (SSSR count). The molecule has 0 heterocycles. The quantitative estimate of drug-likeness (QED) is 0.131. The van der Waals surface area contributed by atoms with Gasteiger partial charge in [0.15, 0.2) is 0 Å². The van der Waals surface area contributed by atoms with Crippen LogP contribution in [0.3, 0.4) is 0 Å². The molecule has 0 fully saturated rings. The minimum atomic E-state index is -1.62. The van der Waals surface area contributed by atoms with Crippen molar-refractivity contribution in [2.24, 2.45) is 17.2 Å². The van der Waals surface area contributed by atoms with Crippen LogP contribution < -0.4 is 33.2 Å². The molecule has 14 nitrogen and oxygen atoms in total. The molecule has 0 aromatic heterocycles. The Morgan fingerprint density at radius 1 is 0.800 bits per heavy atom. The fourth-order valence-electron chi connectivity index (χ4n) is 2.12. The molecule has 0 saturated heterocycles. The predicted octanol–water partition coefficient (Wildman–Crippen LogP) is -4.60. The first kappa shape index (κ1) is 26.7. The number of carbonyl (C=O) groups is 6. The van der Waals surface area contributed by atoms with Crippen molar-refractivity contribution < 1.29 is 39.0 Å². The number of aliphatic hydroxyl groups excluding tert-OH is 1. The zero-order valence-corrected chi connectivity index (χ0v) is 16.4. The van der Waals surface area contributed by atoms with Crippen molar-refractivity contribution in [2.75, 3.05) is 6.61 Å². The lowest BCUT2D eigenvalue weighted by atomic mass is 10.1. The van der Waals surface area contributed by atoms with Gasteiger partial charge in [-0.1, -0.05) is 0 Å². The molecule has 0 aromatic carbocycles. The lowest BCUT2D eigenvalue weighted by Crippen LogP contribution is -2.56. The standard InChI is InChI=1S/C16H28N6O8/c1-7(20-14(27)8(17)2-4-11(18)24)13(26)21-9(3-5-12(19)25)15(28)22-10(6-23)16(29)30/h7-10,23H,2-6,17H2,1H3,(H2,18,24)(H2,19,25)(H,20,27)(H,21,26)(H,22,28)(H,29,30). The monoisotopic (exact) mass is 432 g/mol. The average Bonchev–Trinajstić information content (AvgIpc) is 2.66. The largest absolute Gasteiger partial charge is 0.480 e. The van der Waals surface area contributed by atoms with E-state index in [1.165, 1.54) is 6.92 Å². The van der Waals surface area contributed by atoms with Crippen LogP contribution in [-0.2, 0) is 28.8 Å². The number of aliphatic carboxylic acids is 1. The van der Waals surface area contributed by atoms with Gasteiger partial charge < -0.3 is 43.4 Å². The molecular formula is C16H28N6O8. The van der Waals surface area contributed by atoms with Crippen LogP contribution in [0.1, 0.15) is 32.6 Å². The minimum absolute atomic E-state index is 0.0309. The van der Waals surface area contributed by atoms with Gasteiger partial charge in [0.25, 0.3) is 0 Å². The fraction of sp³-hybridized carbons (Fsp3) is 0.625. The second-order valence-electron chi connectivity index (χ2n) is 6.49. The molecule has 5 amide bonds. The van der Waals surface area contributed by atoms with Gasteiger partial charge in [0.05, 0.1) is 12.6 Å². The van der Waals surface area contributed by atoms with Crippen molar-refractivity contribution in [1.29, 1.82) is 0 Å². The molecule has 0 bridgehead atoms. The van der Waals surface area contributed by atoms with E-state index in [1.54, 1.807) is 0 Å². The molecule has 11 N–H and O–H groups in total. The van der Waals surface area contributed by atoms with Crippen molar-refractivity contribution in [3.05, 3.63) is 0 Å². The number of carboxylic acids is 1. The Bertz CT molecular complexity index is 670. The second-order valence-corrected chi connectivity index (χ2v) is 6.49. The minimum Gasteiger partial charge on any atom is -0.480 e. The summed E-state index contributed by atoms with van der Waals surface area (Å²) in [7, 11) is 0. The van der Waals surface area contributed by atoms with E-state index in [1.807, 2.05) is 5.32 Å². The summed E-state index contributed by atoms with van der Waals surface area (Å²) in [6.07, 6.45) is -0.700. The summed E-state index contributed by atoms with van der Waals surface area (Å²) in [5, 5.41) is 24.5. The van der Waals surface area contributed by atoms with Crippen LogP contribution in [0.5, 0.6) is 0 Å². The van der Waals surface area contributed by atoms with E-state index in [-0.39, 0.29) is 25.7 Å². The first-order valence-electron chi connectivity index (χ1n) is 8.96. The highest BCUT2D eigenvalue weighted by Crippen LogP contribution is 2.01. The smallest absolute Gasteiger partial charge is 0.328 e. The van der Waals surface area contributed by atoms with Crippen LogP contribution >= 0.6 is 0 Å². The van der Waals surface area contributed by atoms with Gasteiger partial charge in [0, 0.05) is 12.8 Å². The number of nitrogens with one attached hydrogen (secondary N) is 3. The van der Waals surface area contributed by atoms with Crippen molar-refractivity contribution in [1.82, 2.24) is 16.0 Å². The number of primary amides is 2. The maximum absolute atomic E-state index is 12.3. The Morgan fingerprint density at radius 2 is 1.30 bits per heavy atom. The molecule has 0 aliphatic rings. The molecule has 14 heteroatoms. The number of amides is 5. The maximum atomic E-state index is 12.3. The Kier molecular flexibility index (Phi) is 11.6. The average molecular weight is 432 g/mol. The van der Waals surface area contributed by atoms with E-state index in [0.29, 0.717) is 0 Å². The highest BCUT2D eigenvalue weighted by Gasteiger charge is 2.28. The molecule has 0 aliphatic carbocycles. The fourth-order valence-corrected chi connectivity index (χ4v) is 2.12. The van der Waals surface area contributed by atoms with Crippen LogP contribution in [0.2, 0.25) is 0 Å². The van der Waals surface area contributed by atoms with Gasteiger partial charge >= 0.3 is 5.97 Å². The van der Waals surface area contributed by atoms with Gasteiger partial charge in [0.2, 0.25) is 29.5 Å². The summed E-state index contributed by atoms with van der Waals surface area (Å²) in [5.74, 6) is -5.44. The molecule has 30 heavy (non-hydrogen) atoms. The predicted molar refractivity (Wildman–Crippen MR) is 101 cm³/mol. The third kappa shape index (κ3) is 10.3. The number of aliphatic hydroxyl groups is 1.